The summed E-state index contributed by atoms with van der Waals surface area (Å²) in [6.45, 7) is 0.454. The third-order valence-electron chi connectivity index (χ3n) is 4.61. The van der Waals surface area contributed by atoms with Crippen LogP contribution in [0.15, 0.2) is 36.4 Å². The zero-order chi connectivity index (χ0) is 18.4. The van der Waals surface area contributed by atoms with E-state index in [9.17, 15) is 10.2 Å². The van der Waals surface area contributed by atoms with Crippen LogP contribution in [0.4, 0.5) is 0 Å². The van der Waals surface area contributed by atoms with Gasteiger partial charge in [-0.25, -0.2) is 0 Å². The van der Waals surface area contributed by atoms with Crippen LogP contribution >= 0.6 is 46.4 Å². The molecule has 2 atom stereocenters. The van der Waals surface area contributed by atoms with Gasteiger partial charge in [-0.2, -0.15) is 0 Å². The molecular formula is C18H17Cl4NO2. The predicted molar refractivity (Wildman–Crippen MR) is 103 cm³/mol. The van der Waals surface area contributed by atoms with Crippen molar-refractivity contribution in [2.24, 2.45) is 0 Å². The van der Waals surface area contributed by atoms with Crippen molar-refractivity contribution >= 4 is 46.4 Å². The van der Waals surface area contributed by atoms with Crippen LogP contribution in [0.5, 0.6) is 0 Å². The van der Waals surface area contributed by atoms with Gasteiger partial charge in [0.2, 0.25) is 0 Å². The van der Waals surface area contributed by atoms with E-state index < -0.39 is 17.7 Å². The molecule has 25 heavy (non-hydrogen) atoms. The topological polar surface area (TPSA) is 43.7 Å². The van der Waals surface area contributed by atoms with Crippen LogP contribution in [-0.4, -0.2) is 40.9 Å². The molecule has 0 saturated carbocycles. The maximum Gasteiger partial charge on any atom is 0.130 e. The van der Waals surface area contributed by atoms with Crippen molar-refractivity contribution in [3.63, 3.8) is 0 Å². The van der Waals surface area contributed by atoms with Crippen molar-refractivity contribution in [3.8, 4) is 0 Å². The molecule has 1 saturated heterocycles. The Morgan fingerprint density at radius 2 is 1.28 bits per heavy atom. The van der Waals surface area contributed by atoms with Crippen LogP contribution < -0.4 is 0 Å². The van der Waals surface area contributed by atoms with Crippen LogP contribution in [0.3, 0.4) is 0 Å². The first-order valence-corrected chi connectivity index (χ1v) is 9.25. The summed E-state index contributed by atoms with van der Waals surface area (Å²) in [5.74, 6) is 0. The van der Waals surface area contributed by atoms with Gasteiger partial charge in [-0.3, -0.25) is 4.90 Å². The van der Waals surface area contributed by atoms with Crippen molar-refractivity contribution in [2.45, 2.75) is 24.2 Å². The van der Waals surface area contributed by atoms with Gasteiger partial charge in [0.1, 0.15) is 5.60 Å². The molecule has 0 radical (unpaired) electrons. The van der Waals surface area contributed by atoms with Gasteiger partial charge in [-0.05, 0) is 61.0 Å². The minimum absolute atomic E-state index is 0.390. The molecule has 0 unspecified atom stereocenters. The lowest BCUT2D eigenvalue weighted by Crippen LogP contribution is -2.47. The van der Waals surface area contributed by atoms with E-state index in [4.69, 9.17) is 46.4 Å². The Morgan fingerprint density at radius 3 is 1.60 bits per heavy atom. The normalized spacial score (nSPS) is 21.7. The lowest BCUT2D eigenvalue weighted by Gasteiger charge is -2.39. The van der Waals surface area contributed by atoms with Crippen LogP contribution in [0.2, 0.25) is 20.1 Å². The number of hydrogen-bond donors (Lipinski definition) is 2. The maximum atomic E-state index is 11.9. The molecule has 0 aliphatic carbocycles. The molecule has 2 aromatic carbocycles. The Hall–Kier alpha value is -0.520. The fourth-order valence-corrected chi connectivity index (χ4v) is 4.61. The summed E-state index contributed by atoms with van der Waals surface area (Å²) in [5.41, 5.74) is -0.446. The van der Waals surface area contributed by atoms with E-state index in [-0.39, 0.29) is 0 Å². The molecule has 1 heterocycles. The maximum absolute atomic E-state index is 11.9. The highest BCUT2D eigenvalue weighted by atomic mass is 35.5. The molecular weight excluding hydrogens is 404 g/mol. The number of aliphatic hydroxyl groups excluding tert-OH is 1. The van der Waals surface area contributed by atoms with E-state index in [0.29, 0.717) is 44.2 Å². The molecule has 2 aromatic rings. The van der Waals surface area contributed by atoms with E-state index in [1.165, 1.54) is 0 Å². The highest BCUT2D eigenvalue weighted by molar-refractivity contribution is 6.35. The van der Waals surface area contributed by atoms with Gasteiger partial charge in [0.05, 0.1) is 6.10 Å². The molecule has 3 nitrogen and oxygen atoms in total. The zero-order valence-electron chi connectivity index (χ0n) is 13.4. The first kappa shape index (κ1) is 19.2. The first-order chi connectivity index (χ1) is 11.7. The molecule has 0 aromatic heterocycles. The summed E-state index contributed by atoms with van der Waals surface area (Å²) in [6.07, 6.45) is -0.146. The van der Waals surface area contributed by atoms with Crippen LogP contribution in [0.1, 0.15) is 17.5 Å². The Morgan fingerprint density at radius 1 is 0.880 bits per heavy atom. The number of halogens is 4. The number of rotatable bonds is 3. The molecule has 1 fully saturated rings. The quantitative estimate of drug-likeness (QED) is 0.762. The van der Waals surface area contributed by atoms with Crippen LogP contribution in [0.25, 0.3) is 0 Å². The molecule has 2 N–H and O–H groups in total. The number of aliphatic hydroxyl groups is 2. The Kier molecular flexibility index (Phi) is 5.57. The van der Waals surface area contributed by atoms with Gasteiger partial charge in [0.25, 0.3) is 0 Å². The molecule has 1 aliphatic heterocycles. The fraction of sp³-hybridized carbons (Fsp3) is 0.333. The van der Waals surface area contributed by atoms with Crippen LogP contribution in [-0.2, 0) is 5.60 Å². The summed E-state index contributed by atoms with van der Waals surface area (Å²) < 4.78 is 0. The van der Waals surface area contributed by atoms with Crippen molar-refractivity contribution < 1.29 is 10.2 Å². The van der Waals surface area contributed by atoms with Gasteiger partial charge in [0.15, 0.2) is 0 Å². The number of hydrogen-bond acceptors (Lipinski definition) is 3. The van der Waals surface area contributed by atoms with Gasteiger partial charge in [-0.15, -0.1) is 0 Å². The second-order valence-electron chi connectivity index (χ2n) is 6.43. The minimum atomic E-state index is -1.49. The summed E-state index contributed by atoms with van der Waals surface area (Å²) in [4.78, 5) is 1.91. The van der Waals surface area contributed by atoms with Gasteiger partial charge in [-0.1, -0.05) is 46.4 Å². The van der Waals surface area contributed by atoms with Crippen molar-refractivity contribution in [3.05, 3.63) is 67.6 Å². The number of benzene rings is 2. The molecule has 7 heteroatoms. The van der Waals surface area contributed by atoms with E-state index in [2.05, 4.69) is 0 Å². The second kappa shape index (κ2) is 7.24. The van der Waals surface area contributed by atoms with Gasteiger partial charge < -0.3 is 10.2 Å². The summed E-state index contributed by atoms with van der Waals surface area (Å²) in [7, 11) is 1.85. The second-order valence-corrected chi connectivity index (χ2v) is 8.17. The Balaban J connectivity index is 2.24. The molecule has 3 rings (SSSR count). The number of likely N-dealkylation sites (tertiary alicyclic amines) is 1. The smallest absolute Gasteiger partial charge is 0.130 e. The number of nitrogens with zero attached hydrogens (tertiary/aromatic N) is 1. The predicted octanol–water partition coefficient (Wildman–Crippen LogP) is 4.60. The third-order valence-corrected chi connectivity index (χ3v) is 5.49. The zero-order valence-corrected chi connectivity index (χ0v) is 16.4. The first-order valence-electron chi connectivity index (χ1n) is 7.74. The summed E-state index contributed by atoms with van der Waals surface area (Å²) in [5, 5.41) is 23.6. The fourth-order valence-electron chi connectivity index (χ4n) is 3.56. The molecule has 0 spiro atoms. The highest BCUT2D eigenvalue weighted by Gasteiger charge is 2.47. The Bertz CT molecular complexity index is 707. The average Bonchev–Trinajstić information content (AvgIpc) is 2.83. The number of likely N-dealkylation sites (N-methyl/N-ethyl adjacent to an activating group) is 1. The lowest BCUT2D eigenvalue weighted by molar-refractivity contribution is 0.00401. The van der Waals surface area contributed by atoms with Gasteiger partial charge in [0, 0.05) is 32.7 Å². The summed E-state index contributed by atoms with van der Waals surface area (Å²) in [6, 6.07) is 9.48. The van der Waals surface area contributed by atoms with Crippen molar-refractivity contribution in [1.29, 1.82) is 0 Å². The minimum Gasteiger partial charge on any atom is -0.392 e. The standard InChI is InChI=1S/C18H17Cl4NO2/c1-23-9-16(24)8-17(23)18(25,10-2-12(19)6-13(20)3-10)11-4-14(21)7-15(22)5-11/h2-7,16-17,24-25H,8-9H2,1H3/t16-,17+/m1/s1. The molecule has 1 aliphatic rings. The van der Waals surface area contributed by atoms with E-state index >= 15 is 0 Å². The van der Waals surface area contributed by atoms with Gasteiger partial charge >= 0.3 is 0 Å². The summed E-state index contributed by atoms with van der Waals surface area (Å²) >= 11 is 24.7. The average molecular weight is 421 g/mol. The number of β-amino-alcohol motifs (C(OH)–C–C–N with tert-alkyl or cyclic N) is 1. The largest absolute Gasteiger partial charge is 0.392 e. The molecule has 134 valence electrons. The van der Waals surface area contributed by atoms with E-state index in [1.807, 2.05) is 11.9 Å². The molecule has 0 bridgehead atoms. The molecule has 0 amide bonds. The van der Waals surface area contributed by atoms with E-state index in [1.54, 1.807) is 36.4 Å². The highest BCUT2D eigenvalue weighted by Crippen LogP contribution is 2.42. The van der Waals surface area contributed by atoms with Crippen LogP contribution in [0, 0.1) is 0 Å². The monoisotopic (exact) mass is 419 g/mol. The van der Waals surface area contributed by atoms with Crippen molar-refractivity contribution in [2.75, 3.05) is 13.6 Å². The van der Waals surface area contributed by atoms with Crippen molar-refractivity contribution in [1.82, 2.24) is 4.90 Å². The third kappa shape index (κ3) is 3.79. The lowest BCUT2D eigenvalue weighted by atomic mass is 9.79. The van der Waals surface area contributed by atoms with E-state index in [0.717, 1.165) is 0 Å². The Labute approximate surface area is 166 Å². The SMILES string of the molecule is CN1C[C@H](O)C[C@H]1C(O)(c1cc(Cl)cc(Cl)c1)c1cc(Cl)cc(Cl)c1.